The number of Topliss-reactive ketones (excluding diaryl/α,β-unsaturated/α-hetero) is 1. The summed E-state index contributed by atoms with van der Waals surface area (Å²) >= 11 is 0. The molecule has 1 amide bonds. The number of carbonyl (C=O) groups excluding carboxylic acids is 2. The average molecular weight is 291 g/mol. The molecule has 6 nitrogen and oxygen atoms in total. The first-order valence-electron chi connectivity index (χ1n) is 6.51. The van der Waals surface area contributed by atoms with Crippen LogP contribution in [0.4, 0.5) is 0 Å². The predicted molar refractivity (Wildman–Crippen MR) is 80.9 cm³/mol. The highest BCUT2D eigenvalue weighted by Gasteiger charge is 2.11. The van der Waals surface area contributed by atoms with E-state index in [1.54, 1.807) is 18.9 Å². The van der Waals surface area contributed by atoms with E-state index < -0.39 is 0 Å². The van der Waals surface area contributed by atoms with E-state index in [1.165, 1.54) is 14.2 Å². The molecule has 0 N–H and O–H groups in total. The van der Waals surface area contributed by atoms with Crippen molar-refractivity contribution < 1.29 is 14.3 Å². The third-order valence-electron chi connectivity index (χ3n) is 3.07. The van der Waals surface area contributed by atoms with Crippen LogP contribution in [-0.2, 0) is 16.1 Å². The summed E-state index contributed by atoms with van der Waals surface area (Å²) in [5, 5.41) is 5.15. The number of amidine groups is 1. The van der Waals surface area contributed by atoms with Crippen molar-refractivity contribution >= 4 is 18.2 Å². The molecule has 1 aromatic carbocycles. The molecule has 1 aromatic rings. The quantitative estimate of drug-likeness (QED) is 0.272. The normalized spacial score (nSPS) is 11.0. The molecule has 0 fully saturated rings. The van der Waals surface area contributed by atoms with Crippen molar-refractivity contribution in [3.63, 3.8) is 0 Å². The Morgan fingerprint density at radius 1 is 1.38 bits per heavy atom. The van der Waals surface area contributed by atoms with Gasteiger partial charge in [0.25, 0.3) is 0 Å². The number of hydrogen-bond acceptors (Lipinski definition) is 4. The Labute approximate surface area is 125 Å². The van der Waals surface area contributed by atoms with Gasteiger partial charge in [-0.25, -0.2) is 5.01 Å². The van der Waals surface area contributed by atoms with E-state index in [0.717, 1.165) is 16.1 Å². The van der Waals surface area contributed by atoms with Crippen LogP contribution in [0.15, 0.2) is 23.3 Å². The maximum atomic E-state index is 11.5. The van der Waals surface area contributed by atoms with Gasteiger partial charge in [-0.15, -0.1) is 5.10 Å². The van der Waals surface area contributed by atoms with Gasteiger partial charge in [-0.1, -0.05) is 12.1 Å². The molecule has 6 heteroatoms. The fourth-order valence-electron chi connectivity index (χ4n) is 1.82. The molecule has 21 heavy (non-hydrogen) atoms. The lowest BCUT2D eigenvalue weighted by atomic mass is 10.0. The van der Waals surface area contributed by atoms with Gasteiger partial charge in [0.2, 0.25) is 6.41 Å². The van der Waals surface area contributed by atoms with Gasteiger partial charge in [-0.05, 0) is 31.0 Å². The molecule has 0 aromatic heterocycles. The van der Waals surface area contributed by atoms with Crippen molar-refractivity contribution in [3.05, 3.63) is 34.9 Å². The maximum absolute atomic E-state index is 11.5. The van der Waals surface area contributed by atoms with E-state index >= 15 is 0 Å². The topological polar surface area (TPSA) is 62.2 Å². The number of amides is 1. The first-order valence-corrected chi connectivity index (χ1v) is 6.51. The molecule has 0 bridgehead atoms. The summed E-state index contributed by atoms with van der Waals surface area (Å²) in [6.07, 6.45) is 0.592. The zero-order valence-electron chi connectivity index (χ0n) is 13.1. The Balaban J connectivity index is 2.98. The van der Waals surface area contributed by atoms with Gasteiger partial charge >= 0.3 is 6.02 Å². The Bertz CT molecular complexity index is 555. The van der Waals surface area contributed by atoms with E-state index in [4.69, 9.17) is 4.74 Å². The number of benzene rings is 1. The van der Waals surface area contributed by atoms with E-state index in [9.17, 15) is 9.59 Å². The molecule has 0 radical (unpaired) electrons. The molecule has 0 heterocycles. The molecule has 1 rings (SSSR count). The fraction of sp³-hybridized carbons (Fsp3) is 0.400. The summed E-state index contributed by atoms with van der Waals surface area (Å²) in [6.45, 7) is 4.04. The number of ether oxygens (including phenoxy) is 1. The monoisotopic (exact) mass is 291 g/mol. The first-order chi connectivity index (χ1) is 9.88. The summed E-state index contributed by atoms with van der Waals surface area (Å²) in [6, 6.07) is 5.91. The molecule has 0 unspecified atom stereocenters. The van der Waals surface area contributed by atoms with Crippen LogP contribution in [0.25, 0.3) is 0 Å². The van der Waals surface area contributed by atoms with Gasteiger partial charge in [-0.3, -0.25) is 9.59 Å². The number of aryl methyl sites for hydroxylation is 1. The molecule has 0 aliphatic heterocycles. The lowest BCUT2D eigenvalue weighted by molar-refractivity contribution is -0.117. The first kappa shape index (κ1) is 16.7. The standard InChI is InChI=1S/C15H21N3O3/c1-11-6-7-13(12(2)20)8-14(11)9-17(3)15(21-5)16-18(4)10-19/h6-8,10H,9H2,1-5H3/b16-15+. The minimum atomic E-state index is 0.0280. The lowest BCUT2D eigenvalue weighted by Crippen LogP contribution is -2.30. The summed E-state index contributed by atoms with van der Waals surface area (Å²) in [4.78, 5) is 23.8. The zero-order valence-corrected chi connectivity index (χ0v) is 13.1. The SMILES string of the molecule is CO/C(=N/N(C)C=O)N(C)Cc1cc(C(C)=O)ccc1C. The number of carbonyl (C=O) groups is 2. The largest absolute Gasteiger partial charge is 0.467 e. The van der Waals surface area contributed by atoms with Crippen molar-refractivity contribution in [2.24, 2.45) is 5.10 Å². The minimum absolute atomic E-state index is 0.0280. The Morgan fingerprint density at radius 3 is 2.57 bits per heavy atom. The van der Waals surface area contributed by atoms with Gasteiger partial charge in [0.1, 0.15) is 0 Å². The van der Waals surface area contributed by atoms with Gasteiger partial charge in [-0.2, -0.15) is 0 Å². The highest BCUT2D eigenvalue weighted by molar-refractivity contribution is 5.94. The maximum Gasteiger partial charge on any atom is 0.309 e. The molecule has 0 spiro atoms. The number of nitrogens with zero attached hydrogens (tertiary/aromatic N) is 3. The smallest absolute Gasteiger partial charge is 0.309 e. The minimum Gasteiger partial charge on any atom is -0.467 e. The van der Waals surface area contributed by atoms with Crippen LogP contribution in [0.1, 0.15) is 28.4 Å². The van der Waals surface area contributed by atoms with E-state index in [0.29, 0.717) is 24.5 Å². The lowest BCUT2D eigenvalue weighted by Gasteiger charge is -2.21. The third kappa shape index (κ3) is 4.59. The van der Waals surface area contributed by atoms with Crippen LogP contribution in [0.3, 0.4) is 0 Å². The molecular formula is C15H21N3O3. The molecule has 0 aliphatic rings. The van der Waals surface area contributed by atoms with Crippen LogP contribution >= 0.6 is 0 Å². The second-order valence-electron chi connectivity index (χ2n) is 4.82. The molecule has 0 saturated heterocycles. The van der Waals surface area contributed by atoms with Crippen LogP contribution in [0.2, 0.25) is 0 Å². The van der Waals surface area contributed by atoms with Crippen molar-refractivity contribution in [1.29, 1.82) is 0 Å². The van der Waals surface area contributed by atoms with E-state index in [-0.39, 0.29) is 5.78 Å². The zero-order chi connectivity index (χ0) is 16.0. The summed E-state index contributed by atoms with van der Waals surface area (Å²) in [7, 11) is 4.83. The number of hydrazone groups is 1. The highest BCUT2D eigenvalue weighted by Crippen LogP contribution is 2.14. The number of methoxy groups -OCH3 is 1. The Hall–Kier alpha value is -2.37. The Kier molecular flexibility index (Phi) is 5.90. The fourth-order valence-corrected chi connectivity index (χ4v) is 1.82. The van der Waals surface area contributed by atoms with Crippen LogP contribution < -0.4 is 0 Å². The highest BCUT2D eigenvalue weighted by atomic mass is 16.5. The van der Waals surface area contributed by atoms with Crippen LogP contribution in [0, 0.1) is 6.92 Å². The molecular weight excluding hydrogens is 270 g/mol. The molecule has 0 saturated carbocycles. The van der Waals surface area contributed by atoms with Gasteiger partial charge in [0.05, 0.1) is 7.11 Å². The van der Waals surface area contributed by atoms with E-state index in [1.807, 2.05) is 25.1 Å². The van der Waals surface area contributed by atoms with Crippen molar-refractivity contribution in [3.8, 4) is 0 Å². The second-order valence-corrected chi connectivity index (χ2v) is 4.82. The van der Waals surface area contributed by atoms with E-state index in [2.05, 4.69) is 5.10 Å². The number of hydrogen-bond donors (Lipinski definition) is 0. The van der Waals surface area contributed by atoms with Crippen LogP contribution in [-0.4, -0.2) is 49.3 Å². The summed E-state index contributed by atoms with van der Waals surface area (Å²) in [5.74, 6) is 0.0280. The predicted octanol–water partition coefficient (Wildman–Crippen LogP) is 1.64. The molecule has 0 atom stereocenters. The van der Waals surface area contributed by atoms with Crippen molar-refractivity contribution in [2.75, 3.05) is 21.2 Å². The average Bonchev–Trinajstić information content (AvgIpc) is 2.46. The van der Waals surface area contributed by atoms with Crippen molar-refractivity contribution in [2.45, 2.75) is 20.4 Å². The third-order valence-corrected chi connectivity index (χ3v) is 3.07. The van der Waals surface area contributed by atoms with Crippen LogP contribution in [0.5, 0.6) is 0 Å². The molecule has 114 valence electrons. The van der Waals surface area contributed by atoms with Gasteiger partial charge in [0, 0.05) is 26.2 Å². The second kappa shape index (κ2) is 7.42. The van der Waals surface area contributed by atoms with Gasteiger partial charge in [0.15, 0.2) is 5.78 Å². The summed E-state index contributed by atoms with van der Waals surface area (Å²) in [5.41, 5.74) is 2.75. The molecule has 0 aliphatic carbocycles. The number of rotatable bonds is 5. The van der Waals surface area contributed by atoms with Gasteiger partial charge < -0.3 is 9.64 Å². The number of ketones is 1. The Morgan fingerprint density at radius 2 is 2.05 bits per heavy atom. The summed E-state index contributed by atoms with van der Waals surface area (Å²) < 4.78 is 5.18. The van der Waals surface area contributed by atoms with Crippen molar-refractivity contribution in [1.82, 2.24) is 9.91 Å².